The van der Waals surface area contributed by atoms with Gasteiger partial charge in [0.2, 0.25) is 11.9 Å². The Bertz CT molecular complexity index is 1520. The number of halogens is 2. The van der Waals surface area contributed by atoms with Crippen molar-refractivity contribution >= 4 is 22.9 Å². The van der Waals surface area contributed by atoms with Crippen LogP contribution in [-0.4, -0.2) is 33.7 Å². The third-order valence-electron chi connectivity index (χ3n) is 6.14. The van der Waals surface area contributed by atoms with E-state index in [1.807, 2.05) is 13.0 Å². The average molecular weight is 507 g/mol. The number of aromatic nitrogens is 3. The number of rotatable bonds is 9. The van der Waals surface area contributed by atoms with E-state index in [2.05, 4.69) is 22.5 Å². The number of fused-ring (bicyclic) bond motifs is 1. The van der Waals surface area contributed by atoms with E-state index in [0.29, 0.717) is 23.1 Å². The number of amides is 1. The highest BCUT2D eigenvalue weighted by molar-refractivity contribution is 5.97. The molecule has 1 atom stereocenters. The van der Waals surface area contributed by atoms with Gasteiger partial charge in [0.05, 0.1) is 11.9 Å². The van der Waals surface area contributed by atoms with Crippen LogP contribution in [0.15, 0.2) is 53.3 Å². The SMILES string of the molecule is CCCCc1ccc(C(N)=O)cc1-c1nc(NC(C)NC)nc2c1ccc(=O)n2-c1c(F)cccc1F. The summed E-state index contributed by atoms with van der Waals surface area (Å²) in [6.45, 7) is 3.91. The predicted molar refractivity (Wildman–Crippen MR) is 140 cm³/mol. The number of primary amides is 1. The summed E-state index contributed by atoms with van der Waals surface area (Å²) in [5, 5.41) is 6.49. The Morgan fingerprint density at radius 2 is 1.84 bits per heavy atom. The van der Waals surface area contributed by atoms with Gasteiger partial charge in [-0.25, -0.2) is 13.8 Å². The van der Waals surface area contributed by atoms with E-state index in [4.69, 9.17) is 10.7 Å². The van der Waals surface area contributed by atoms with Crippen LogP contribution >= 0.6 is 0 Å². The summed E-state index contributed by atoms with van der Waals surface area (Å²) < 4.78 is 30.6. The Balaban J connectivity index is 2.12. The maximum atomic E-state index is 14.9. The Hall–Kier alpha value is -4.18. The fourth-order valence-corrected chi connectivity index (χ4v) is 4.10. The summed E-state index contributed by atoms with van der Waals surface area (Å²) in [6.07, 6.45) is 2.27. The molecular weight excluding hydrogens is 478 g/mol. The van der Waals surface area contributed by atoms with Crippen LogP contribution < -0.4 is 21.9 Å². The lowest BCUT2D eigenvalue weighted by Crippen LogP contribution is -2.31. The lowest BCUT2D eigenvalue weighted by molar-refractivity contribution is 0.100. The minimum absolute atomic E-state index is 0.0122. The molecule has 0 aliphatic carbocycles. The number of aryl methyl sites for hydroxylation is 1. The molecule has 1 amide bonds. The number of nitrogens with one attached hydrogen (secondary N) is 2. The molecule has 0 bridgehead atoms. The minimum Gasteiger partial charge on any atom is -0.366 e. The fourth-order valence-electron chi connectivity index (χ4n) is 4.10. The lowest BCUT2D eigenvalue weighted by Gasteiger charge is -2.18. The van der Waals surface area contributed by atoms with E-state index >= 15 is 0 Å². The number of carbonyl (C=O) groups excluding carboxylic acids is 1. The van der Waals surface area contributed by atoms with Crippen molar-refractivity contribution in [3.8, 4) is 16.9 Å². The van der Waals surface area contributed by atoms with Gasteiger partial charge in [-0.05, 0) is 62.7 Å². The molecule has 2 aromatic heterocycles. The zero-order valence-corrected chi connectivity index (χ0v) is 20.8. The number of para-hydroxylation sites is 1. The summed E-state index contributed by atoms with van der Waals surface area (Å²) in [5.74, 6) is -2.29. The first-order chi connectivity index (χ1) is 17.7. The second-order valence-corrected chi connectivity index (χ2v) is 8.70. The van der Waals surface area contributed by atoms with Crippen molar-refractivity contribution in [3.05, 3.63) is 81.6 Å². The van der Waals surface area contributed by atoms with Crippen LogP contribution in [0.1, 0.15) is 42.6 Å². The van der Waals surface area contributed by atoms with Gasteiger partial charge in [-0.2, -0.15) is 4.98 Å². The van der Waals surface area contributed by atoms with Crippen LogP contribution in [0.2, 0.25) is 0 Å². The quantitative estimate of drug-likeness (QED) is 0.294. The van der Waals surface area contributed by atoms with E-state index in [0.717, 1.165) is 35.1 Å². The molecule has 4 aromatic rings. The standard InChI is InChI=1S/C27H28F2N6O2/c1-4-5-7-16-10-11-17(25(30)37)14-19(16)23-18-12-13-22(36)35(24-20(28)8-6-9-21(24)29)26(18)34-27(33-23)32-15(2)31-3/h6,8-15,31H,4-5,7H2,1-3H3,(H2,30,37)(H,32,33,34). The first-order valence-corrected chi connectivity index (χ1v) is 12.0. The first-order valence-electron chi connectivity index (χ1n) is 12.0. The number of nitrogens with two attached hydrogens (primary N) is 1. The van der Waals surface area contributed by atoms with E-state index < -0.39 is 28.8 Å². The predicted octanol–water partition coefficient (Wildman–Crippen LogP) is 4.14. The molecule has 0 aliphatic heterocycles. The minimum atomic E-state index is -0.910. The molecule has 0 saturated heterocycles. The molecule has 8 nitrogen and oxygen atoms in total. The molecule has 0 spiro atoms. The highest BCUT2D eigenvalue weighted by Gasteiger charge is 2.21. The summed E-state index contributed by atoms with van der Waals surface area (Å²) in [6, 6.07) is 11.3. The number of benzene rings is 2. The van der Waals surface area contributed by atoms with Crippen LogP contribution in [-0.2, 0) is 6.42 Å². The van der Waals surface area contributed by atoms with Gasteiger partial charge in [0, 0.05) is 22.6 Å². The molecule has 2 heterocycles. The monoisotopic (exact) mass is 506 g/mol. The fraction of sp³-hybridized carbons (Fsp3) is 0.259. The van der Waals surface area contributed by atoms with Gasteiger partial charge in [-0.1, -0.05) is 25.5 Å². The molecule has 0 fully saturated rings. The largest absolute Gasteiger partial charge is 0.366 e. The molecule has 192 valence electrons. The summed E-state index contributed by atoms with van der Waals surface area (Å²) in [4.78, 5) is 34.2. The Morgan fingerprint density at radius 1 is 1.11 bits per heavy atom. The third-order valence-corrected chi connectivity index (χ3v) is 6.14. The molecule has 10 heteroatoms. The maximum Gasteiger partial charge on any atom is 0.256 e. The number of hydrogen-bond acceptors (Lipinski definition) is 6. The second kappa shape index (κ2) is 10.8. The normalized spacial score (nSPS) is 12.0. The van der Waals surface area contributed by atoms with E-state index in [-0.39, 0.29) is 23.3 Å². The number of anilines is 1. The van der Waals surface area contributed by atoms with Crippen molar-refractivity contribution in [3.63, 3.8) is 0 Å². The lowest BCUT2D eigenvalue weighted by atomic mass is 9.95. The maximum absolute atomic E-state index is 14.9. The van der Waals surface area contributed by atoms with Gasteiger partial charge < -0.3 is 16.4 Å². The second-order valence-electron chi connectivity index (χ2n) is 8.70. The van der Waals surface area contributed by atoms with Gasteiger partial charge in [0.25, 0.3) is 5.56 Å². The van der Waals surface area contributed by atoms with Gasteiger partial charge in [-0.15, -0.1) is 0 Å². The Labute approximate surface area is 212 Å². The number of carbonyl (C=O) groups is 1. The zero-order valence-electron chi connectivity index (χ0n) is 20.8. The molecule has 37 heavy (non-hydrogen) atoms. The van der Waals surface area contributed by atoms with Crippen LogP contribution in [0.25, 0.3) is 28.0 Å². The van der Waals surface area contributed by atoms with E-state index in [1.54, 1.807) is 19.2 Å². The zero-order chi connectivity index (χ0) is 26.7. The van der Waals surface area contributed by atoms with Crippen molar-refractivity contribution in [1.82, 2.24) is 19.9 Å². The average Bonchev–Trinajstić information content (AvgIpc) is 2.87. The number of hydrogen-bond donors (Lipinski definition) is 3. The molecular formula is C27H28F2N6O2. The molecule has 1 unspecified atom stereocenters. The van der Waals surface area contributed by atoms with Crippen molar-refractivity contribution in [2.24, 2.45) is 5.73 Å². The van der Waals surface area contributed by atoms with Crippen molar-refractivity contribution in [2.75, 3.05) is 12.4 Å². The summed E-state index contributed by atoms with van der Waals surface area (Å²) in [7, 11) is 1.74. The molecule has 4 N–H and O–H groups in total. The highest BCUT2D eigenvalue weighted by Crippen LogP contribution is 2.32. The summed E-state index contributed by atoms with van der Waals surface area (Å²) >= 11 is 0. The van der Waals surface area contributed by atoms with Gasteiger partial charge in [0.15, 0.2) is 5.65 Å². The van der Waals surface area contributed by atoms with Gasteiger partial charge in [-0.3, -0.25) is 14.2 Å². The number of pyridine rings is 1. The number of nitrogens with zero attached hydrogens (tertiary/aromatic N) is 3. The van der Waals surface area contributed by atoms with Crippen LogP contribution in [0.3, 0.4) is 0 Å². The Morgan fingerprint density at radius 3 is 2.49 bits per heavy atom. The van der Waals surface area contributed by atoms with Crippen molar-refractivity contribution < 1.29 is 13.6 Å². The summed E-state index contributed by atoms with van der Waals surface area (Å²) in [5.41, 5.74) is 6.60. The van der Waals surface area contributed by atoms with Crippen LogP contribution in [0.4, 0.5) is 14.7 Å². The van der Waals surface area contributed by atoms with Crippen LogP contribution in [0, 0.1) is 11.6 Å². The third kappa shape index (κ3) is 5.19. The van der Waals surface area contributed by atoms with Gasteiger partial charge >= 0.3 is 0 Å². The smallest absolute Gasteiger partial charge is 0.256 e. The van der Waals surface area contributed by atoms with E-state index in [9.17, 15) is 18.4 Å². The van der Waals surface area contributed by atoms with Crippen molar-refractivity contribution in [1.29, 1.82) is 0 Å². The molecule has 0 aliphatic rings. The number of unbranched alkanes of at least 4 members (excludes halogenated alkanes) is 1. The first kappa shape index (κ1) is 25.9. The van der Waals surface area contributed by atoms with Gasteiger partial charge in [0.1, 0.15) is 17.3 Å². The Kier molecular flexibility index (Phi) is 7.58. The van der Waals surface area contributed by atoms with Crippen molar-refractivity contribution in [2.45, 2.75) is 39.3 Å². The topological polar surface area (TPSA) is 115 Å². The molecule has 2 aromatic carbocycles. The highest BCUT2D eigenvalue weighted by atomic mass is 19.1. The molecule has 0 saturated carbocycles. The van der Waals surface area contributed by atoms with E-state index in [1.165, 1.54) is 18.2 Å². The molecule has 0 radical (unpaired) electrons. The molecule has 4 rings (SSSR count). The van der Waals surface area contributed by atoms with Crippen LogP contribution in [0.5, 0.6) is 0 Å².